The molecule has 0 atom stereocenters. The number of ether oxygens (including phenoxy) is 1. The molecule has 1 aliphatic heterocycles. The first-order chi connectivity index (χ1) is 17.7. The SMILES string of the molecule is O=C(Cc1cc(-c2ccccc2)n[nH]1)Nc1ccc(-c2cc3c(N4CCOCC4)ncnc3[nH]2)cc1. The zero-order valence-electron chi connectivity index (χ0n) is 19.6. The highest BCUT2D eigenvalue weighted by atomic mass is 16.5. The van der Waals surface area contributed by atoms with E-state index in [1.54, 1.807) is 6.33 Å². The number of hydrogen-bond acceptors (Lipinski definition) is 6. The van der Waals surface area contributed by atoms with Crippen molar-refractivity contribution in [3.05, 3.63) is 78.8 Å². The van der Waals surface area contributed by atoms with E-state index >= 15 is 0 Å². The van der Waals surface area contributed by atoms with Gasteiger partial charge in [0.15, 0.2) is 0 Å². The Morgan fingerprint density at radius 2 is 1.78 bits per heavy atom. The summed E-state index contributed by atoms with van der Waals surface area (Å²) < 4.78 is 5.47. The number of carbonyl (C=O) groups is 1. The molecule has 0 bridgehead atoms. The number of nitrogens with one attached hydrogen (secondary N) is 3. The maximum absolute atomic E-state index is 12.6. The average Bonchev–Trinajstić information content (AvgIpc) is 3.57. The van der Waals surface area contributed by atoms with Gasteiger partial charge in [0.25, 0.3) is 0 Å². The standard InChI is InChI=1S/C27H25N7O2/c35-25(15-21-14-24(33-32-21)18-4-2-1-3-5-18)30-20-8-6-19(7-9-20)23-16-22-26(31-23)28-17-29-27(22)34-10-12-36-13-11-34/h1-9,14,16-17H,10-13,15H2,(H,30,35)(H,32,33)(H,28,29,31). The quantitative estimate of drug-likeness (QED) is 0.339. The summed E-state index contributed by atoms with van der Waals surface area (Å²) in [5.41, 5.74) is 6.07. The van der Waals surface area contributed by atoms with Crippen LogP contribution in [0.2, 0.25) is 0 Å². The predicted molar refractivity (Wildman–Crippen MR) is 139 cm³/mol. The van der Waals surface area contributed by atoms with Gasteiger partial charge in [-0.2, -0.15) is 5.10 Å². The fraction of sp³-hybridized carbons (Fsp3) is 0.185. The fourth-order valence-corrected chi connectivity index (χ4v) is 4.43. The number of aromatic nitrogens is 5. The monoisotopic (exact) mass is 479 g/mol. The minimum atomic E-state index is -0.109. The zero-order valence-corrected chi connectivity index (χ0v) is 19.6. The Morgan fingerprint density at radius 1 is 0.972 bits per heavy atom. The molecule has 4 heterocycles. The van der Waals surface area contributed by atoms with Crippen LogP contribution in [0.1, 0.15) is 5.69 Å². The number of morpholine rings is 1. The van der Waals surface area contributed by atoms with Crippen LogP contribution in [0.25, 0.3) is 33.5 Å². The van der Waals surface area contributed by atoms with E-state index in [0.717, 1.165) is 63.8 Å². The number of carbonyl (C=O) groups excluding carboxylic acids is 1. The van der Waals surface area contributed by atoms with E-state index in [9.17, 15) is 4.79 Å². The Bertz CT molecular complexity index is 1490. The van der Waals surface area contributed by atoms with Crippen LogP contribution < -0.4 is 10.2 Å². The summed E-state index contributed by atoms with van der Waals surface area (Å²) in [6.45, 7) is 3.02. The van der Waals surface area contributed by atoms with Crippen molar-refractivity contribution in [3.63, 3.8) is 0 Å². The molecule has 9 heteroatoms. The number of anilines is 2. The Hall–Kier alpha value is -4.50. The van der Waals surface area contributed by atoms with Gasteiger partial charge in [-0.1, -0.05) is 42.5 Å². The highest BCUT2D eigenvalue weighted by molar-refractivity contribution is 5.94. The number of rotatable bonds is 6. The normalized spacial score (nSPS) is 13.7. The molecule has 9 nitrogen and oxygen atoms in total. The molecule has 0 aliphatic carbocycles. The van der Waals surface area contributed by atoms with E-state index in [1.807, 2.05) is 60.7 Å². The summed E-state index contributed by atoms with van der Waals surface area (Å²) in [6, 6.07) is 21.6. The summed E-state index contributed by atoms with van der Waals surface area (Å²) in [6.07, 6.45) is 1.81. The molecular weight excluding hydrogens is 454 g/mol. The summed E-state index contributed by atoms with van der Waals surface area (Å²) in [7, 11) is 0. The van der Waals surface area contributed by atoms with Gasteiger partial charge in [0.05, 0.1) is 30.7 Å². The minimum absolute atomic E-state index is 0.109. The molecule has 1 aliphatic rings. The molecule has 2 aromatic carbocycles. The van der Waals surface area contributed by atoms with Crippen molar-refractivity contribution in [2.45, 2.75) is 6.42 Å². The van der Waals surface area contributed by atoms with E-state index in [4.69, 9.17) is 4.74 Å². The number of hydrogen-bond donors (Lipinski definition) is 3. The lowest BCUT2D eigenvalue weighted by Crippen LogP contribution is -2.36. The third-order valence-corrected chi connectivity index (χ3v) is 6.25. The molecule has 0 radical (unpaired) electrons. The Morgan fingerprint density at radius 3 is 2.58 bits per heavy atom. The Labute approximate surface area is 207 Å². The molecule has 0 unspecified atom stereocenters. The minimum Gasteiger partial charge on any atom is -0.378 e. The lowest BCUT2D eigenvalue weighted by Gasteiger charge is -2.27. The second-order valence-corrected chi connectivity index (χ2v) is 8.69. The first-order valence-corrected chi connectivity index (χ1v) is 11.9. The van der Waals surface area contributed by atoms with Gasteiger partial charge in [0.1, 0.15) is 17.8 Å². The van der Waals surface area contributed by atoms with E-state index in [0.29, 0.717) is 13.2 Å². The van der Waals surface area contributed by atoms with Crippen LogP contribution in [0.15, 0.2) is 73.1 Å². The molecule has 6 rings (SSSR count). The second-order valence-electron chi connectivity index (χ2n) is 8.69. The van der Waals surface area contributed by atoms with Gasteiger partial charge in [-0.3, -0.25) is 9.89 Å². The van der Waals surface area contributed by atoms with Gasteiger partial charge in [0.2, 0.25) is 5.91 Å². The maximum Gasteiger partial charge on any atom is 0.230 e. The Balaban J connectivity index is 1.14. The topological polar surface area (TPSA) is 112 Å². The van der Waals surface area contributed by atoms with Gasteiger partial charge in [0, 0.05) is 35.7 Å². The Kier molecular flexibility index (Phi) is 5.88. The van der Waals surface area contributed by atoms with Crippen molar-refractivity contribution in [3.8, 4) is 22.5 Å². The average molecular weight is 480 g/mol. The van der Waals surface area contributed by atoms with Crippen molar-refractivity contribution in [1.82, 2.24) is 25.1 Å². The van der Waals surface area contributed by atoms with Crippen molar-refractivity contribution in [1.29, 1.82) is 0 Å². The van der Waals surface area contributed by atoms with Crippen LogP contribution in [0.5, 0.6) is 0 Å². The molecule has 3 N–H and O–H groups in total. The van der Waals surface area contributed by atoms with Crippen LogP contribution in [0.3, 0.4) is 0 Å². The van der Waals surface area contributed by atoms with Crippen LogP contribution >= 0.6 is 0 Å². The number of nitrogens with zero attached hydrogens (tertiary/aromatic N) is 4. The first-order valence-electron chi connectivity index (χ1n) is 11.9. The third-order valence-electron chi connectivity index (χ3n) is 6.25. The molecule has 180 valence electrons. The summed E-state index contributed by atoms with van der Waals surface area (Å²) >= 11 is 0. The van der Waals surface area contributed by atoms with Gasteiger partial charge in [-0.15, -0.1) is 0 Å². The summed E-state index contributed by atoms with van der Waals surface area (Å²) in [4.78, 5) is 27.1. The molecule has 5 aromatic rings. The number of aromatic amines is 2. The fourth-order valence-electron chi connectivity index (χ4n) is 4.43. The van der Waals surface area contributed by atoms with E-state index in [2.05, 4.69) is 41.4 Å². The molecule has 0 spiro atoms. The van der Waals surface area contributed by atoms with Crippen LogP contribution in [-0.2, 0) is 16.0 Å². The highest BCUT2D eigenvalue weighted by Crippen LogP contribution is 2.29. The second kappa shape index (κ2) is 9.63. The van der Waals surface area contributed by atoms with Crippen LogP contribution in [0.4, 0.5) is 11.5 Å². The predicted octanol–water partition coefficient (Wildman–Crippen LogP) is 4.03. The lowest BCUT2D eigenvalue weighted by molar-refractivity contribution is -0.115. The largest absolute Gasteiger partial charge is 0.378 e. The van der Waals surface area contributed by atoms with Gasteiger partial charge in [-0.05, 0) is 29.8 Å². The summed E-state index contributed by atoms with van der Waals surface area (Å²) in [5, 5.41) is 11.2. The van der Waals surface area contributed by atoms with Gasteiger partial charge < -0.3 is 19.9 Å². The molecule has 1 amide bonds. The molecular formula is C27H25N7O2. The molecule has 0 saturated carbocycles. The van der Waals surface area contributed by atoms with Gasteiger partial charge in [-0.25, -0.2) is 9.97 Å². The number of amides is 1. The maximum atomic E-state index is 12.6. The molecule has 3 aromatic heterocycles. The molecule has 1 saturated heterocycles. The number of fused-ring (bicyclic) bond motifs is 1. The van der Waals surface area contributed by atoms with Crippen LogP contribution in [0, 0.1) is 0 Å². The number of benzene rings is 2. The lowest BCUT2D eigenvalue weighted by atomic mass is 10.1. The van der Waals surface area contributed by atoms with Crippen molar-refractivity contribution in [2.75, 3.05) is 36.5 Å². The van der Waals surface area contributed by atoms with E-state index in [1.165, 1.54) is 0 Å². The van der Waals surface area contributed by atoms with E-state index in [-0.39, 0.29) is 12.3 Å². The third kappa shape index (κ3) is 4.56. The van der Waals surface area contributed by atoms with Crippen molar-refractivity contribution >= 4 is 28.4 Å². The number of H-pyrrole nitrogens is 2. The molecule has 1 fully saturated rings. The molecule has 36 heavy (non-hydrogen) atoms. The van der Waals surface area contributed by atoms with Crippen LogP contribution in [-0.4, -0.2) is 57.4 Å². The van der Waals surface area contributed by atoms with Gasteiger partial charge >= 0.3 is 0 Å². The zero-order chi connectivity index (χ0) is 24.3. The van der Waals surface area contributed by atoms with E-state index < -0.39 is 0 Å². The van der Waals surface area contributed by atoms with Crippen molar-refractivity contribution < 1.29 is 9.53 Å². The highest BCUT2D eigenvalue weighted by Gasteiger charge is 2.17. The smallest absolute Gasteiger partial charge is 0.230 e. The van der Waals surface area contributed by atoms with Crippen molar-refractivity contribution in [2.24, 2.45) is 0 Å². The first kappa shape index (κ1) is 22.0. The summed E-state index contributed by atoms with van der Waals surface area (Å²) in [5.74, 6) is 0.811.